The van der Waals surface area contributed by atoms with E-state index in [0.29, 0.717) is 18.1 Å². The Balaban J connectivity index is 1.57. The number of likely N-dealkylation sites (tertiary alicyclic amines) is 1. The number of benzene rings is 1. The van der Waals surface area contributed by atoms with E-state index < -0.39 is 0 Å². The highest BCUT2D eigenvalue weighted by molar-refractivity contribution is 7.09. The smallest absolute Gasteiger partial charge is 0.110 e. The number of aromatic nitrogens is 1. The Hall–Kier alpha value is -1.23. The molecule has 1 aliphatic rings. The number of hydrogen-bond acceptors (Lipinski definition) is 4. The van der Waals surface area contributed by atoms with Crippen molar-refractivity contribution in [2.24, 2.45) is 0 Å². The maximum Gasteiger partial charge on any atom is 0.110 e. The molecule has 3 atom stereocenters. The van der Waals surface area contributed by atoms with Gasteiger partial charge in [0, 0.05) is 36.0 Å². The van der Waals surface area contributed by atoms with Gasteiger partial charge in [-0.3, -0.25) is 4.90 Å². The first kappa shape index (κ1) is 18.6. The normalized spacial score (nSPS) is 21.4. The van der Waals surface area contributed by atoms with Gasteiger partial charge in [-0.1, -0.05) is 51.1 Å². The van der Waals surface area contributed by atoms with E-state index in [9.17, 15) is 0 Å². The van der Waals surface area contributed by atoms with Gasteiger partial charge in [-0.05, 0) is 25.8 Å². The van der Waals surface area contributed by atoms with Gasteiger partial charge in [0.25, 0.3) is 0 Å². The summed E-state index contributed by atoms with van der Waals surface area (Å²) < 4.78 is 0. The Kier molecular flexibility index (Phi) is 5.62. The van der Waals surface area contributed by atoms with Gasteiger partial charge in [-0.15, -0.1) is 11.3 Å². The highest BCUT2D eigenvalue weighted by Crippen LogP contribution is 2.29. The van der Waals surface area contributed by atoms with Crippen molar-refractivity contribution in [3.8, 4) is 0 Å². The molecule has 3 rings (SSSR count). The molecule has 3 nitrogen and oxygen atoms in total. The molecular weight excluding hydrogens is 326 g/mol. The van der Waals surface area contributed by atoms with E-state index in [1.807, 2.05) is 0 Å². The third kappa shape index (κ3) is 4.49. The van der Waals surface area contributed by atoms with E-state index >= 15 is 0 Å². The average Bonchev–Trinajstić information content (AvgIpc) is 3.24. The second-order valence-corrected chi connectivity index (χ2v) is 9.17. The molecule has 0 amide bonds. The van der Waals surface area contributed by atoms with Crippen molar-refractivity contribution in [2.45, 2.75) is 64.6 Å². The Bertz CT molecular complexity index is 674. The molecule has 25 heavy (non-hydrogen) atoms. The molecular formula is C21H31N3S. The largest absolute Gasteiger partial charge is 0.304 e. The zero-order valence-electron chi connectivity index (χ0n) is 16.1. The summed E-state index contributed by atoms with van der Waals surface area (Å²) in [5.74, 6) is 0. The second-order valence-electron chi connectivity index (χ2n) is 8.28. The quantitative estimate of drug-likeness (QED) is 0.822. The van der Waals surface area contributed by atoms with Crippen molar-refractivity contribution in [3.63, 3.8) is 0 Å². The van der Waals surface area contributed by atoms with E-state index in [1.165, 1.54) is 22.7 Å². The van der Waals surface area contributed by atoms with Crippen LogP contribution in [0.5, 0.6) is 0 Å². The highest BCUT2D eigenvalue weighted by atomic mass is 32.1. The highest BCUT2D eigenvalue weighted by Gasteiger charge is 2.28. The Morgan fingerprint density at radius 2 is 1.92 bits per heavy atom. The van der Waals surface area contributed by atoms with E-state index in [1.54, 1.807) is 11.3 Å². The Morgan fingerprint density at radius 1 is 1.20 bits per heavy atom. The van der Waals surface area contributed by atoms with Gasteiger partial charge in [0.15, 0.2) is 0 Å². The molecule has 0 saturated carbocycles. The fourth-order valence-electron chi connectivity index (χ4n) is 3.47. The van der Waals surface area contributed by atoms with Gasteiger partial charge < -0.3 is 5.32 Å². The number of thiazole rings is 1. The predicted octanol–water partition coefficient (Wildman–Crippen LogP) is 4.93. The van der Waals surface area contributed by atoms with E-state index in [2.05, 4.69) is 80.5 Å². The first-order chi connectivity index (χ1) is 11.8. The van der Waals surface area contributed by atoms with Crippen LogP contribution in [0.4, 0.5) is 0 Å². The molecule has 0 bridgehead atoms. The monoisotopic (exact) mass is 357 g/mol. The topological polar surface area (TPSA) is 28.2 Å². The summed E-state index contributed by atoms with van der Waals surface area (Å²) in [6.45, 7) is 13.5. The van der Waals surface area contributed by atoms with Crippen LogP contribution in [0.1, 0.15) is 69.4 Å². The van der Waals surface area contributed by atoms with E-state index in [-0.39, 0.29) is 5.41 Å². The molecule has 1 aromatic heterocycles. The van der Waals surface area contributed by atoms with E-state index in [0.717, 1.165) is 13.1 Å². The molecule has 136 valence electrons. The first-order valence-corrected chi connectivity index (χ1v) is 10.2. The summed E-state index contributed by atoms with van der Waals surface area (Å²) in [6, 6.07) is 12.2. The second kappa shape index (κ2) is 7.56. The number of rotatable bonds is 5. The number of nitrogens with zero attached hydrogens (tertiary/aromatic N) is 2. The van der Waals surface area contributed by atoms with Gasteiger partial charge in [0.2, 0.25) is 0 Å². The fourth-order valence-corrected chi connectivity index (χ4v) is 4.54. The molecule has 2 aromatic rings. The molecule has 2 heterocycles. The lowest BCUT2D eigenvalue weighted by Gasteiger charge is -2.25. The molecule has 4 heteroatoms. The average molecular weight is 358 g/mol. The van der Waals surface area contributed by atoms with Crippen LogP contribution in [0.3, 0.4) is 0 Å². The fraction of sp³-hybridized carbons (Fsp3) is 0.571. The molecule has 0 spiro atoms. The zero-order valence-corrected chi connectivity index (χ0v) is 16.9. The zero-order chi connectivity index (χ0) is 18.0. The van der Waals surface area contributed by atoms with E-state index in [4.69, 9.17) is 4.98 Å². The molecule has 1 aliphatic heterocycles. The summed E-state index contributed by atoms with van der Waals surface area (Å²) >= 11 is 1.78. The SMILES string of the molecule is C[C@H](N[C@H]1CCN([C@@H](C)c2ccccc2)C1)c1nc(C(C)(C)C)cs1. The van der Waals surface area contributed by atoms with Crippen LogP contribution in [0, 0.1) is 0 Å². The summed E-state index contributed by atoms with van der Waals surface area (Å²) in [5, 5.41) is 7.22. The summed E-state index contributed by atoms with van der Waals surface area (Å²) in [4.78, 5) is 7.45. The maximum absolute atomic E-state index is 4.87. The third-order valence-corrected chi connectivity index (χ3v) is 6.22. The molecule has 0 unspecified atom stereocenters. The van der Waals surface area contributed by atoms with Gasteiger partial charge in [0.05, 0.1) is 11.7 Å². The van der Waals surface area contributed by atoms with Crippen molar-refractivity contribution in [1.29, 1.82) is 0 Å². The van der Waals surface area contributed by atoms with Gasteiger partial charge >= 0.3 is 0 Å². The van der Waals surface area contributed by atoms with Crippen LogP contribution < -0.4 is 5.32 Å². The summed E-state index contributed by atoms with van der Waals surface area (Å²) in [6.07, 6.45) is 1.21. The molecule has 1 fully saturated rings. The summed E-state index contributed by atoms with van der Waals surface area (Å²) in [7, 11) is 0. The minimum absolute atomic E-state index is 0.129. The molecule has 1 saturated heterocycles. The van der Waals surface area contributed by atoms with Crippen LogP contribution >= 0.6 is 11.3 Å². The van der Waals surface area contributed by atoms with Crippen LogP contribution in [-0.4, -0.2) is 29.0 Å². The standard InChI is InChI=1S/C21H31N3S/c1-15(20-23-19(14-25-20)21(3,4)5)22-18-11-12-24(13-18)16(2)17-9-7-6-8-10-17/h6-10,14-16,18,22H,11-13H2,1-5H3/t15-,16-,18-/m0/s1. The van der Waals surface area contributed by atoms with Crippen molar-refractivity contribution in [2.75, 3.05) is 13.1 Å². The minimum atomic E-state index is 0.129. The van der Waals surface area contributed by atoms with Crippen LogP contribution in [-0.2, 0) is 5.41 Å². The van der Waals surface area contributed by atoms with Crippen LogP contribution in [0.15, 0.2) is 35.7 Å². The predicted molar refractivity (Wildman–Crippen MR) is 107 cm³/mol. The lowest BCUT2D eigenvalue weighted by atomic mass is 9.93. The maximum atomic E-state index is 4.87. The van der Waals surface area contributed by atoms with Crippen molar-refractivity contribution < 1.29 is 0 Å². The van der Waals surface area contributed by atoms with Crippen molar-refractivity contribution >= 4 is 11.3 Å². The summed E-state index contributed by atoms with van der Waals surface area (Å²) in [5.41, 5.74) is 2.74. The number of nitrogens with one attached hydrogen (secondary N) is 1. The van der Waals surface area contributed by atoms with Crippen molar-refractivity contribution in [3.05, 3.63) is 52.0 Å². The van der Waals surface area contributed by atoms with Gasteiger partial charge in [0.1, 0.15) is 5.01 Å². The lowest BCUT2D eigenvalue weighted by molar-refractivity contribution is 0.253. The number of hydrogen-bond donors (Lipinski definition) is 1. The Labute approximate surface area is 156 Å². The molecule has 1 aromatic carbocycles. The minimum Gasteiger partial charge on any atom is -0.304 e. The third-order valence-electron chi connectivity index (χ3n) is 5.20. The molecule has 0 aliphatic carbocycles. The van der Waals surface area contributed by atoms with Gasteiger partial charge in [-0.2, -0.15) is 0 Å². The molecule has 1 N–H and O–H groups in total. The Morgan fingerprint density at radius 3 is 2.56 bits per heavy atom. The molecule has 0 radical (unpaired) electrons. The van der Waals surface area contributed by atoms with Crippen LogP contribution in [0.2, 0.25) is 0 Å². The van der Waals surface area contributed by atoms with Gasteiger partial charge in [-0.25, -0.2) is 4.98 Å². The lowest BCUT2D eigenvalue weighted by Crippen LogP contribution is -2.35. The first-order valence-electron chi connectivity index (χ1n) is 9.35. The van der Waals surface area contributed by atoms with Crippen LogP contribution in [0.25, 0.3) is 0 Å². The van der Waals surface area contributed by atoms with Crippen molar-refractivity contribution in [1.82, 2.24) is 15.2 Å².